The van der Waals surface area contributed by atoms with Gasteiger partial charge >= 0.3 is 0 Å². The Hall–Kier alpha value is -2.04. The summed E-state index contributed by atoms with van der Waals surface area (Å²) in [4.78, 5) is 0. The maximum atomic E-state index is 12.0. The van der Waals surface area contributed by atoms with Crippen molar-refractivity contribution in [2.45, 2.75) is 31.3 Å². The van der Waals surface area contributed by atoms with Gasteiger partial charge in [-0.3, -0.25) is 0 Å². The lowest BCUT2D eigenvalue weighted by Gasteiger charge is -2.43. The second kappa shape index (κ2) is 8.11. The van der Waals surface area contributed by atoms with E-state index in [0.717, 1.165) is 48.6 Å². The molecule has 26 heavy (non-hydrogen) atoms. The van der Waals surface area contributed by atoms with Gasteiger partial charge in [0.25, 0.3) is 0 Å². The molecule has 0 spiro atoms. The molecule has 1 aliphatic rings. The zero-order valence-electron chi connectivity index (χ0n) is 15.9. The number of nitrogens with one attached hydrogen (secondary N) is 1. The minimum atomic E-state index is -0.928. The van der Waals surface area contributed by atoms with Gasteiger partial charge in [0.05, 0.1) is 19.8 Å². The first kappa shape index (κ1) is 18.7. The Labute approximate surface area is 156 Å². The molecule has 2 atom stereocenters. The first-order valence-electron chi connectivity index (χ1n) is 9.31. The van der Waals surface area contributed by atoms with Crippen LogP contribution in [-0.2, 0) is 5.60 Å². The van der Waals surface area contributed by atoms with E-state index in [2.05, 4.69) is 24.4 Å². The summed E-state index contributed by atoms with van der Waals surface area (Å²) in [6.45, 7) is 4.00. The predicted molar refractivity (Wildman–Crippen MR) is 104 cm³/mol. The van der Waals surface area contributed by atoms with Gasteiger partial charge < -0.3 is 19.9 Å². The molecule has 1 fully saturated rings. The number of rotatable bonds is 6. The predicted octanol–water partition coefficient (Wildman–Crippen LogP) is 3.69. The van der Waals surface area contributed by atoms with E-state index >= 15 is 0 Å². The summed E-state index contributed by atoms with van der Waals surface area (Å²) in [5.41, 5.74) is 1.14. The molecule has 2 unspecified atom stereocenters. The van der Waals surface area contributed by atoms with Gasteiger partial charge in [0, 0.05) is 5.92 Å². The van der Waals surface area contributed by atoms with Crippen LogP contribution in [0.2, 0.25) is 0 Å². The first-order valence-corrected chi connectivity index (χ1v) is 9.31. The minimum absolute atomic E-state index is 0.0371. The highest BCUT2D eigenvalue weighted by Crippen LogP contribution is 2.46. The maximum Gasteiger partial charge on any atom is 0.118 e. The van der Waals surface area contributed by atoms with Crippen LogP contribution in [0, 0.1) is 5.92 Å². The molecule has 4 heteroatoms. The minimum Gasteiger partial charge on any atom is -0.497 e. The van der Waals surface area contributed by atoms with Gasteiger partial charge in [-0.05, 0) is 67.2 Å². The van der Waals surface area contributed by atoms with Crippen LogP contribution >= 0.6 is 0 Å². The topological polar surface area (TPSA) is 50.7 Å². The fraction of sp³-hybridized carbons (Fsp3) is 0.455. The first-order chi connectivity index (χ1) is 12.6. The normalized spacial score (nSPS) is 18.8. The van der Waals surface area contributed by atoms with Crippen LogP contribution in [0.15, 0.2) is 48.5 Å². The van der Waals surface area contributed by atoms with E-state index in [1.54, 1.807) is 14.2 Å². The largest absolute Gasteiger partial charge is 0.497 e. The molecule has 0 amide bonds. The molecular weight excluding hydrogens is 326 g/mol. The molecule has 140 valence electrons. The summed E-state index contributed by atoms with van der Waals surface area (Å²) in [5.74, 6) is 1.80. The average molecular weight is 355 g/mol. The summed E-state index contributed by atoms with van der Waals surface area (Å²) in [7, 11) is 3.33. The van der Waals surface area contributed by atoms with Crippen molar-refractivity contribution in [1.29, 1.82) is 0 Å². The Bertz CT molecular complexity index is 692. The zero-order chi connectivity index (χ0) is 18.6. The Balaban J connectivity index is 2.00. The molecule has 0 bridgehead atoms. The Morgan fingerprint density at radius 1 is 0.923 bits per heavy atom. The van der Waals surface area contributed by atoms with Gasteiger partial charge in [-0.25, -0.2) is 0 Å². The number of hydrogen-bond acceptors (Lipinski definition) is 4. The number of ether oxygens (including phenoxy) is 2. The zero-order valence-corrected chi connectivity index (χ0v) is 15.9. The second-order valence-electron chi connectivity index (χ2n) is 7.07. The van der Waals surface area contributed by atoms with Crippen molar-refractivity contribution in [3.05, 3.63) is 59.7 Å². The average Bonchev–Trinajstić information content (AvgIpc) is 2.73. The van der Waals surface area contributed by atoms with Crippen LogP contribution in [-0.4, -0.2) is 32.4 Å². The number of aliphatic hydroxyl groups is 1. The number of hydrogen-bond donors (Lipinski definition) is 2. The third-order valence-electron chi connectivity index (χ3n) is 5.79. The van der Waals surface area contributed by atoms with E-state index in [9.17, 15) is 5.11 Å². The molecule has 2 aromatic rings. The van der Waals surface area contributed by atoms with Gasteiger partial charge in [0.15, 0.2) is 0 Å². The lowest BCUT2D eigenvalue weighted by molar-refractivity contribution is -0.0562. The van der Waals surface area contributed by atoms with Crippen molar-refractivity contribution in [3.63, 3.8) is 0 Å². The van der Waals surface area contributed by atoms with Crippen molar-refractivity contribution in [1.82, 2.24) is 5.32 Å². The van der Waals surface area contributed by atoms with E-state index in [4.69, 9.17) is 9.47 Å². The third-order valence-corrected chi connectivity index (χ3v) is 5.79. The van der Waals surface area contributed by atoms with Crippen molar-refractivity contribution >= 4 is 0 Å². The Morgan fingerprint density at radius 3 is 1.92 bits per heavy atom. The van der Waals surface area contributed by atoms with Gasteiger partial charge in [0.2, 0.25) is 0 Å². The molecule has 0 radical (unpaired) electrons. The highest BCUT2D eigenvalue weighted by Gasteiger charge is 2.44. The molecule has 1 aliphatic heterocycles. The van der Waals surface area contributed by atoms with E-state index in [1.807, 2.05) is 36.4 Å². The molecule has 1 saturated heterocycles. The van der Waals surface area contributed by atoms with E-state index in [-0.39, 0.29) is 11.8 Å². The summed E-state index contributed by atoms with van der Waals surface area (Å²) >= 11 is 0. The van der Waals surface area contributed by atoms with Crippen LogP contribution in [0.1, 0.15) is 36.8 Å². The standard InChI is InChI=1S/C22H29NO3/c1-16(17-4-8-20(25-2)9-5-17)22(24,19-12-14-23-15-13-19)18-6-10-21(26-3)11-7-18/h4-11,16,19,23-24H,12-15H2,1-3H3. The molecule has 1 heterocycles. The van der Waals surface area contributed by atoms with Gasteiger partial charge in [-0.15, -0.1) is 0 Å². The number of piperidine rings is 1. The van der Waals surface area contributed by atoms with Crippen molar-refractivity contribution < 1.29 is 14.6 Å². The molecule has 4 nitrogen and oxygen atoms in total. The summed E-state index contributed by atoms with van der Waals surface area (Å²) in [6.07, 6.45) is 1.92. The molecule has 2 N–H and O–H groups in total. The van der Waals surface area contributed by atoms with Crippen molar-refractivity contribution in [2.75, 3.05) is 27.3 Å². The van der Waals surface area contributed by atoms with Crippen LogP contribution in [0.4, 0.5) is 0 Å². The molecule has 0 saturated carbocycles. The number of benzene rings is 2. The SMILES string of the molecule is COc1ccc(C(C)C(O)(c2ccc(OC)cc2)C2CCNCC2)cc1. The van der Waals surface area contributed by atoms with Gasteiger partial charge in [0.1, 0.15) is 11.5 Å². The van der Waals surface area contributed by atoms with Gasteiger partial charge in [-0.1, -0.05) is 31.2 Å². The van der Waals surface area contributed by atoms with Gasteiger partial charge in [-0.2, -0.15) is 0 Å². The van der Waals surface area contributed by atoms with Crippen LogP contribution in [0.3, 0.4) is 0 Å². The lowest BCUT2D eigenvalue weighted by atomic mass is 9.67. The molecule has 0 aliphatic carbocycles. The van der Waals surface area contributed by atoms with Crippen molar-refractivity contribution in [2.24, 2.45) is 5.92 Å². The second-order valence-corrected chi connectivity index (χ2v) is 7.07. The van der Waals surface area contributed by atoms with Crippen LogP contribution < -0.4 is 14.8 Å². The summed E-state index contributed by atoms with van der Waals surface area (Å²) < 4.78 is 10.6. The lowest BCUT2D eigenvalue weighted by Crippen LogP contribution is -2.45. The smallest absolute Gasteiger partial charge is 0.118 e. The van der Waals surface area contributed by atoms with E-state index < -0.39 is 5.60 Å². The molecule has 3 rings (SSSR count). The fourth-order valence-corrected chi connectivity index (χ4v) is 4.11. The highest BCUT2D eigenvalue weighted by molar-refractivity contribution is 5.37. The van der Waals surface area contributed by atoms with E-state index in [1.165, 1.54) is 0 Å². The Kier molecular flexibility index (Phi) is 5.84. The fourth-order valence-electron chi connectivity index (χ4n) is 4.11. The molecular formula is C22H29NO3. The summed E-state index contributed by atoms with van der Waals surface area (Å²) in [5, 5.41) is 15.4. The monoisotopic (exact) mass is 355 g/mol. The molecule has 0 aromatic heterocycles. The van der Waals surface area contributed by atoms with Crippen LogP contribution in [0.25, 0.3) is 0 Å². The Morgan fingerprint density at radius 2 is 1.42 bits per heavy atom. The quantitative estimate of drug-likeness (QED) is 0.830. The van der Waals surface area contributed by atoms with Crippen molar-refractivity contribution in [3.8, 4) is 11.5 Å². The number of methoxy groups -OCH3 is 2. The highest BCUT2D eigenvalue weighted by atomic mass is 16.5. The van der Waals surface area contributed by atoms with E-state index in [0.29, 0.717) is 0 Å². The summed E-state index contributed by atoms with van der Waals surface area (Å²) in [6, 6.07) is 15.9. The van der Waals surface area contributed by atoms with Crippen LogP contribution in [0.5, 0.6) is 11.5 Å². The maximum absolute atomic E-state index is 12.0. The third kappa shape index (κ3) is 3.57. The molecule has 2 aromatic carbocycles.